The summed E-state index contributed by atoms with van der Waals surface area (Å²) in [7, 11) is 0. The van der Waals surface area contributed by atoms with E-state index in [9.17, 15) is 0 Å². The van der Waals surface area contributed by atoms with Crippen molar-refractivity contribution < 1.29 is 4.74 Å². The van der Waals surface area contributed by atoms with Gasteiger partial charge in [-0.3, -0.25) is 4.57 Å². The Labute approximate surface area is 173 Å². The van der Waals surface area contributed by atoms with E-state index in [1.807, 2.05) is 60.0 Å². The van der Waals surface area contributed by atoms with Gasteiger partial charge in [0, 0.05) is 22.3 Å². The molecule has 0 amide bonds. The van der Waals surface area contributed by atoms with Crippen molar-refractivity contribution in [1.82, 2.24) is 14.8 Å². The van der Waals surface area contributed by atoms with Crippen LogP contribution in [0.3, 0.4) is 0 Å². The Bertz CT molecular complexity index is 943. The average Bonchev–Trinajstić information content (AvgIpc) is 3.03. The van der Waals surface area contributed by atoms with Crippen LogP contribution in [0.15, 0.2) is 60.3 Å². The molecule has 0 spiro atoms. The molecule has 0 bridgehead atoms. The smallest absolute Gasteiger partial charge is 0.191 e. The maximum atomic E-state index is 6.06. The number of allylic oxidation sites excluding steroid dienone is 1. The summed E-state index contributed by atoms with van der Waals surface area (Å²) >= 11 is 13.7. The molecule has 0 saturated carbocycles. The second-order valence-electron chi connectivity index (χ2n) is 5.92. The van der Waals surface area contributed by atoms with Gasteiger partial charge in [0.2, 0.25) is 0 Å². The summed E-state index contributed by atoms with van der Waals surface area (Å²) < 4.78 is 7.87. The maximum absolute atomic E-state index is 6.06. The molecule has 1 aromatic heterocycles. The molecule has 1 heterocycles. The summed E-state index contributed by atoms with van der Waals surface area (Å²) in [5.41, 5.74) is 2.11. The lowest BCUT2D eigenvalue weighted by atomic mass is 10.2. The largest absolute Gasteiger partial charge is 0.486 e. The molecule has 4 nitrogen and oxygen atoms in total. The summed E-state index contributed by atoms with van der Waals surface area (Å²) in [6, 6.07) is 13.4. The van der Waals surface area contributed by atoms with Crippen LogP contribution in [-0.2, 0) is 18.9 Å². The Morgan fingerprint density at radius 1 is 1.19 bits per heavy atom. The molecule has 27 heavy (non-hydrogen) atoms. The minimum absolute atomic E-state index is 0.319. The first-order valence-corrected chi connectivity index (χ1v) is 10.1. The lowest BCUT2D eigenvalue weighted by Gasteiger charge is -2.10. The lowest BCUT2D eigenvalue weighted by molar-refractivity contribution is 0.289. The average molecular weight is 420 g/mol. The highest BCUT2D eigenvalue weighted by Gasteiger charge is 2.13. The fourth-order valence-corrected chi connectivity index (χ4v) is 3.71. The van der Waals surface area contributed by atoms with Crippen molar-refractivity contribution >= 4 is 35.0 Å². The third-order valence-corrected chi connectivity index (χ3v) is 5.56. The van der Waals surface area contributed by atoms with Gasteiger partial charge in [-0.15, -0.1) is 16.8 Å². The Kier molecular flexibility index (Phi) is 6.83. The molecule has 0 saturated heterocycles. The molecule has 140 valence electrons. The van der Waals surface area contributed by atoms with Crippen LogP contribution in [0.2, 0.25) is 10.0 Å². The van der Waals surface area contributed by atoms with Crippen LogP contribution in [0, 0.1) is 6.92 Å². The number of hydrogen-bond acceptors (Lipinski definition) is 4. The number of nitrogens with zero attached hydrogens (tertiary/aromatic N) is 3. The number of aryl methyl sites for hydroxylation is 1. The third kappa shape index (κ3) is 5.28. The second kappa shape index (κ2) is 9.31. The SMILES string of the molecule is C=CCn1c(COc2ccc(Cl)c(C)c2)nnc1SCc1cccc(Cl)c1. The van der Waals surface area contributed by atoms with Crippen molar-refractivity contribution in [3.05, 3.63) is 82.1 Å². The van der Waals surface area contributed by atoms with Crippen LogP contribution < -0.4 is 4.74 Å². The number of benzene rings is 2. The van der Waals surface area contributed by atoms with Crippen LogP contribution in [0.5, 0.6) is 5.75 Å². The Morgan fingerprint density at radius 3 is 2.78 bits per heavy atom. The first-order chi connectivity index (χ1) is 13.1. The van der Waals surface area contributed by atoms with Crippen molar-refractivity contribution in [3.63, 3.8) is 0 Å². The highest BCUT2D eigenvalue weighted by Crippen LogP contribution is 2.25. The summed E-state index contributed by atoms with van der Waals surface area (Å²) in [6.45, 7) is 6.71. The molecule has 0 fully saturated rings. The molecule has 0 aliphatic heterocycles. The molecule has 0 atom stereocenters. The maximum Gasteiger partial charge on any atom is 0.191 e. The van der Waals surface area contributed by atoms with Gasteiger partial charge < -0.3 is 4.74 Å². The fraction of sp³-hybridized carbons (Fsp3) is 0.200. The standard InChI is InChI=1S/C20H19Cl2N3OS/c1-3-9-25-19(12-26-17-7-8-18(22)14(2)10-17)23-24-20(25)27-13-15-5-4-6-16(21)11-15/h3-8,10-11H,1,9,12-13H2,2H3. The van der Waals surface area contributed by atoms with Gasteiger partial charge in [-0.25, -0.2) is 0 Å². The van der Waals surface area contributed by atoms with E-state index in [0.29, 0.717) is 13.2 Å². The molecule has 0 aliphatic carbocycles. The van der Waals surface area contributed by atoms with Crippen LogP contribution in [0.1, 0.15) is 17.0 Å². The quantitative estimate of drug-likeness (QED) is 0.334. The summed E-state index contributed by atoms with van der Waals surface area (Å²) in [6.07, 6.45) is 1.82. The van der Waals surface area contributed by atoms with Gasteiger partial charge in [0.15, 0.2) is 11.0 Å². The van der Waals surface area contributed by atoms with Gasteiger partial charge in [-0.2, -0.15) is 0 Å². The number of thioether (sulfide) groups is 1. The number of aromatic nitrogens is 3. The minimum Gasteiger partial charge on any atom is -0.486 e. The first kappa shape index (κ1) is 19.8. The molecular weight excluding hydrogens is 401 g/mol. The number of halogens is 2. The lowest BCUT2D eigenvalue weighted by Crippen LogP contribution is -2.07. The first-order valence-electron chi connectivity index (χ1n) is 8.36. The molecule has 0 aliphatic rings. The molecular formula is C20H19Cl2N3OS. The van der Waals surface area contributed by atoms with E-state index in [1.165, 1.54) is 0 Å². The van der Waals surface area contributed by atoms with E-state index in [0.717, 1.165) is 43.7 Å². The van der Waals surface area contributed by atoms with Crippen LogP contribution >= 0.6 is 35.0 Å². The molecule has 3 aromatic rings. The summed E-state index contributed by atoms with van der Waals surface area (Å²) in [4.78, 5) is 0. The van der Waals surface area contributed by atoms with Crippen molar-refractivity contribution in [3.8, 4) is 5.75 Å². The molecule has 0 radical (unpaired) electrons. The zero-order chi connectivity index (χ0) is 19.2. The van der Waals surface area contributed by atoms with Crippen LogP contribution in [0.25, 0.3) is 0 Å². The molecule has 7 heteroatoms. The van der Waals surface area contributed by atoms with Crippen molar-refractivity contribution in [2.45, 2.75) is 31.0 Å². The molecule has 0 unspecified atom stereocenters. The third-order valence-electron chi connectivity index (χ3n) is 3.86. The number of ether oxygens (including phenoxy) is 1. The second-order valence-corrected chi connectivity index (χ2v) is 7.70. The van der Waals surface area contributed by atoms with E-state index in [1.54, 1.807) is 11.8 Å². The van der Waals surface area contributed by atoms with Crippen molar-refractivity contribution in [2.24, 2.45) is 0 Å². The highest BCUT2D eigenvalue weighted by molar-refractivity contribution is 7.98. The minimum atomic E-state index is 0.319. The van der Waals surface area contributed by atoms with Crippen LogP contribution in [0.4, 0.5) is 0 Å². The van der Waals surface area contributed by atoms with Gasteiger partial charge >= 0.3 is 0 Å². The predicted molar refractivity (Wildman–Crippen MR) is 112 cm³/mol. The van der Waals surface area contributed by atoms with E-state index < -0.39 is 0 Å². The molecule has 2 aromatic carbocycles. The van der Waals surface area contributed by atoms with Gasteiger partial charge in [0.25, 0.3) is 0 Å². The Hall–Kier alpha value is -1.95. The highest BCUT2D eigenvalue weighted by atomic mass is 35.5. The Morgan fingerprint density at radius 2 is 2.04 bits per heavy atom. The summed E-state index contributed by atoms with van der Waals surface area (Å²) in [5, 5.41) is 10.9. The Balaban J connectivity index is 1.70. The van der Waals surface area contributed by atoms with Gasteiger partial charge in [-0.1, -0.05) is 53.2 Å². The van der Waals surface area contributed by atoms with E-state index in [-0.39, 0.29) is 0 Å². The van der Waals surface area contributed by atoms with Gasteiger partial charge in [-0.05, 0) is 48.4 Å². The van der Waals surface area contributed by atoms with E-state index in [4.69, 9.17) is 27.9 Å². The molecule has 3 rings (SSSR count). The normalized spacial score (nSPS) is 10.8. The molecule has 0 N–H and O–H groups in total. The fourth-order valence-electron chi connectivity index (χ4n) is 2.47. The van der Waals surface area contributed by atoms with Gasteiger partial charge in [0.1, 0.15) is 12.4 Å². The van der Waals surface area contributed by atoms with E-state index >= 15 is 0 Å². The van der Waals surface area contributed by atoms with Crippen molar-refractivity contribution in [2.75, 3.05) is 0 Å². The topological polar surface area (TPSA) is 39.9 Å². The zero-order valence-electron chi connectivity index (χ0n) is 14.9. The monoisotopic (exact) mass is 419 g/mol. The zero-order valence-corrected chi connectivity index (χ0v) is 17.2. The number of rotatable bonds is 8. The van der Waals surface area contributed by atoms with Gasteiger partial charge in [0.05, 0.1) is 0 Å². The predicted octanol–water partition coefficient (Wildman–Crippen LogP) is 5.95. The summed E-state index contributed by atoms with van der Waals surface area (Å²) in [5.74, 6) is 2.25. The van der Waals surface area contributed by atoms with E-state index in [2.05, 4.69) is 16.8 Å². The van der Waals surface area contributed by atoms with Crippen molar-refractivity contribution in [1.29, 1.82) is 0 Å². The van der Waals surface area contributed by atoms with Crippen LogP contribution in [-0.4, -0.2) is 14.8 Å². The number of hydrogen-bond donors (Lipinski definition) is 0.